The fraction of sp³-hybridized carbons (Fsp3) is 0.750. The molecule has 1 heterocycles. The van der Waals surface area contributed by atoms with E-state index in [1.54, 1.807) is 0 Å². The van der Waals surface area contributed by atoms with E-state index in [2.05, 4.69) is 17.1 Å². The maximum atomic E-state index is 13.7. The normalized spacial score (nSPS) is 37.1. The third-order valence-electron chi connectivity index (χ3n) is 7.08. The predicted molar refractivity (Wildman–Crippen MR) is 87.4 cm³/mol. The van der Waals surface area contributed by atoms with Crippen molar-refractivity contribution in [2.75, 3.05) is 0 Å². The van der Waals surface area contributed by atoms with Crippen molar-refractivity contribution in [1.29, 1.82) is 0 Å². The van der Waals surface area contributed by atoms with Gasteiger partial charge in [-0.05, 0) is 80.2 Å². The lowest BCUT2D eigenvalue weighted by atomic mass is 9.38. The van der Waals surface area contributed by atoms with Gasteiger partial charge < -0.3 is 0 Å². The Labute approximate surface area is 133 Å². The summed E-state index contributed by atoms with van der Waals surface area (Å²) in [5.74, 6) is 0.752. The van der Waals surface area contributed by atoms with E-state index in [-0.39, 0.29) is 0 Å². The molecule has 1 atom stereocenters. The Kier molecular flexibility index (Phi) is 3.74. The van der Waals surface area contributed by atoms with Crippen molar-refractivity contribution >= 4 is 0 Å². The molecular weight excluding hydrogens is 273 g/mol. The van der Waals surface area contributed by atoms with E-state index >= 15 is 0 Å². The summed E-state index contributed by atoms with van der Waals surface area (Å²) >= 11 is 0. The van der Waals surface area contributed by atoms with Crippen LogP contribution < -0.4 is 0 Å². The number of rotatable bonds is 2. The van der Waals surface area contributed by atoms with E-state index in [0.29, 0.717) is 10.8 Å². The SMILES string of the molecule is FC1CCC2(CC1)CC1(CCCCC1)C2Cc1ccccn1. The summed E-state index contributed by atoms with van der Waals surface area (Å²) in [6, 6.07) is 6.30. The van der Waals surface area contributed by atoms with Crippen LogP contribution in [-0.4, -0.2) is 11.2 Å². The van der Waals surface area contributed by atoms with Crippen LogP contribution in [0, 0.1) is 16.7 Å². The highest BCUT2D eigenvalue weighted by Crippen LogP contribution is 2.70. The molecule has 1 unspecified atom stereocenters. The zero-order valence-electron chi connectivity index (χ0n) is 13.6. The molecule has 0 aromatic carbocycles. The second kappa shape index (κ2) is 5.62. The predicted octanol–water partition coefficient (Wildman–Crippen LogP) is 5.49. The third kappa shape index (κ3) is 2.39. The van der Waals surface area contributed by atoms with Crippen LogP contribution in [0.1, 0.15) is 69.9 Å². The molecule has 3 fully saturated rings. The minimum atomic E-state index is -0.538. The molecule has 3 aliphatic rings. The Bertz CT molecular complexity index is 498. The molecule has 2 spiro atoms. The van der Waals surface area contributed by atoms with Crippen molar-refractivity contribution in [2.24, 2.45) is 16.7 Å². The molecule has 22 heavy (non-hydrogen) atoms. The lowest BCUT2D eigenvalue weighted by molar-refractivity contribution is -0.171. The van der Waals surface area contributed by atoms with Gasteiger partial charge in [-0.1, -0.05) is 25.3 Å². The van der Waals surface area contributed by atoms with Crippen LogP contribution in [0.2, 0.25) is 0 Å². The molecule has 120 valence electrons. The summed E-state index contributed by atoms with van der Waals surface area (Å²) in [5, 5.41) is 0. The lowest BCUT2D eigenvalue weighted by Gasteiger charge is -2.67. The van der Waals surface area contributed by atoms with Crippen LogP contribution in [0.15, 0.2) is 24.4 Å². The number of alkyl halides is 1. The van der Waals surface area contributed by atoms with Crippen molar-refractivity contribution in [3.8, 4) is 0 Å². The van der Waals surface area contributed by atoms with Gasteiger partial charge in [-0.3, -0.25) is 4.98 Å². The highest BCUT2D eigenvalue weighted by Gasteiger charge is 2.62. The summed E-state index contributed by atoms with van der Waals surface area (Å²) in [4.78, 5) is 4.60. The van der Waals surface area contributed by atoms with E-state index in [9.17, 15) is 4.39 Å². The molecule has 3 aliphatic carbocycles. The summed E-state index contributed by atoms with van der Waals surface area (Å²) in [6.45, 7) is 0. The van der Waals surface area contributed by atoms with E-state index in [0.717, 1.165) is 38.0 Å². The molecule has 0 bridgehead atoms. The van der Waals surface area contributed by atoms with Crippen molar-refractivity contribution in [2.45, 2.75) is 76.8 Å². The first-order chi connectivity index (χ1) is 10.7. The zero-order chi connectivity index (χ0) is 15.0. The molecule has 2 heteroatoms. The van der Waals surface area contributed by atoms with Gasteiger partial charge in [0.2, 0.25) is 0 Å². The van der Waals surface area contributed by atoms with Gasteiger partial charge in [0.25, 0.3) is 0 Å². The maximum absolute atomic E-state index is 13.7. The Morgan fingerprint density at radius 3 is 2.41 bits per heavy atom. The van der Waals surface area contributed by atoms with Crippen LogP contribution >= 0.6 is 0 Å². The Morgan fingerprint density at radius 1 is 1.00 bits per heavy atom. The molecule has 0 aliphatic heterocycles. The van der Waals surface area contributed by atoms with Crippen molar-refractivity contribution < 1.29 is 4.39 Å². The minimum Gasteiger partial charge on any atom is -0.261 e. The number of hydrogen-bond acceptors (Lipinski definition) is 1. The summed E-state index contributed by atoms with van der Waals surface area (Å²) in [6.07, 6.45) is 14.8. The van der Waals surface area contributed by atoms with Crippen LogP contribution in [0.5, 0.6) is 0 Å². The Balaban J connectivity index is 1.58. The van der Waals surface area contributed by atoms with E-state index in [1.165, 1.54) is 44.2 Å². The molecule has 0 saturated heterocycles. The summed E-state index contributed by atoms with van der Waals surface area (Å²) in [5.41, 5.74) is 2.26. The van der Waals surface area contributed by atoms with Gasteiger partial charge in [0.05, 0.1) is 0 Å². The van der Waals surface area contributed by atoms with Gasteiger partial charge in [0.1, 0.15) is 6.17 Å². The molecule has 0 radical (unpaired) electrons. The van der Waals surface area contributed by atoms with E-state index < -0.39 is 6.17 Å². The molecule has 1 nitrogen and oxygen atoms in total. The lowest BCUT2D eigenvalue weighted by Crippen LogP contribution is -2.59. The highest BCUT2D eigenvalue weighted by atomic mass is 19.1. The molecule has 1 aromatic heterocycles. The van der Waals surface area contributed by atoms with Gasteiger partial charge >= 0.3 is 0 Å². The fourth-order valence-electron chi connectivity index (χ4n) is 6.09. The fourth-order valence-corrected chi connectivity index (χ4v) is 6.09. The van der Waals surface area contributed by atoms with Gasteiger partial charge in [-0.2, -0.15) is 0 Å². The van der Waals surface area contributed by atoms with E-state index in [4.69, 9.17) is 0 Å². The van der Waals surface area contributed by atoms with Gasteiger partial charge in [-0.25, -0.2) is 4.39 Å². The van der Waals surface area contributed by atoms with Crippen molar-refractivity contribution in [3.63, 3.8) is 0 Å². The molecule has 0 amide bonds. The smallest absolute Gasteiger partial charge is 0.100 e. The summed E-state index contributed by atoms with van der Waals surface area (Å²) in [7, 11) is 0. The highest BCUT2D eigenvalue weighted by molar-refractivity contribution is 5.16. The van der Waals surface area contributed by atoms with Gasteiger partial charge in [-0.15, -0.1) is 0 Å². The maximum Gasteiger partial charge on any atom is 0.100 e. The van der Waals surface area contributed by atoms with Crippen LogP contribution in [0.25, 0.3) is 0 Å². The van der Waals surface area contributed by atoms with Gasteiger partial charge in [0.15, 0.2) is 0 Å². The first-order valence-electron chi connectivity index (χ1n) is 9.27. The monoisotopic (exact) mass is 301 g/mol. The van der Waals surface area contributed by atoms with E-state index in [1.807, 2.05) is 12.3 Å². The molecular formula is C20H28FN. The van der Waals surface area contributed by atoms with Crippen LogP contribution in [0.4, 0.5) is 4.39 Å². The average Bonchev–Trinajstić information content (AvgIpc) is 2.57. The third-order valence-corrected chi connectivity index (χ3v) is 7.08. The van der Waals surface area contributed by atoms with Crippen LogP contribution in [-0.2, 0) is 6.42 Å². The summed E-state index contributed by atoms with van der Waals surface area (Å²) < 4.78 is 13.7. The number of aromatic nitrogens is 1. The molecule has 1 aromatic rings. The van der Waals surface area contributed by atoms with Crippen molar-refractivity contribution in [1.82, 2.24) is 4.98 Å². The second-order valence-corrected chi connectivity index (χ2v) is 8.21. The molecule has 4 rings (SSSR count). The Hall–Kier alpha value is -0.920. The van der Waals surface area contributed by atoms with Gasteiger partial charge in [0, 0.05) is 11.9 Å². The number of halogens is 1. The second-order valence-electron chi connectivity index (χ2n) is 8.21. The minimum absolute atomic E-state index is 0.442. The van der Waals surface area contributed by atoms with Crippen molar-refractivity contribution in [3.05, 3.63) is 30.1 Å². The molecule has 0 N–H and O–H groups in total. The largest absolute Gasteiger partial charge is 0.261 e. The first kappa shape index (κ1) is 14.7. The topological polar surface area (TPSA) is 12.9 Å². The number of hydrogen-bond donors (Lipinski definition) is 0. The molecule has 3 saturated carbocycles. The standard InChI is InChI=1S/C20H28FN/c21-16-7-11-20(12-8-16)15-19(9-3-1-4-10-19)18(20)14-17-6-2-5-13-22-17/h2,5-6,13,16,18H,1,3-4,7-12,14-15H2. The van der Waals surface area contributed by atoms with Crippen LogP contribution in [0.3, 0.4) is 0 Å². The Morgan fingerprint density at radius 2 is 1.73 bits per heavy atom. The first-order valence-corrected chi connectivity index (χ1v) is 9.27. The number of pyridine rings is 1. The quantitative estimate of drug-likeness (QED) is 0.703. The zero-order valence-corrected chi connectivity index (χ0v) is 13.6. The number of nitrogens with zero attached hydrogens (tertiary/aromatic N) is 1. The average molecular weight is 301 g/mol.